The van der Waals surface area contributed by atoms with Gasteiger partial charge in [0.2, 0.25) is 35.6 Å². The van der Waals surface area contributed by atoms with E-state index >= 15 is 0 Å². The zero-order valence-electron chi connectivity index (χ0n) is 39.4. The molecule has 6 aromatic rings. The summed E-state index contributed by atoms with van der Waals surface area (Å²) in [5.74, 6) is 0.204. The minimum Gasteiger partial charge on any atom is -0.406 e. The number of aryl methyl sites for hydroxylation is 2. The third-order valence-electron chi connectivity index (χ3n) is 12.2. The van der Waals surface area contributed by atoms with E-state index in [1.807, 2.05) is 61.8 Å². The summed E-state index contributed by atoms with van der Waals surface area (Å²) < 4.78 is 61.7. The number of nitrogens with one attached hydrogen (secondary N) is 4. The number of piperidine rings is 1. The second-order valence-electron chi connectivity index (χ2n) is 17.2. The lowest BCUT2D eigenvalue weighted by molar-refractivity contribution is -0.274. The molecule has 4 N–H and O–H groups in total. The number of halogens is 5. The van der Waals surface area contributed by atoms with Crippen molar-refractivity contribution >= 4 is 75.6 Å². The summed E-state index contributed by atoms with van der Waals surface area (Å²) in [6.45, 7) is 11.4. The van der Waals surface area contributed by atoms with Crippen LogP contribution in [0.2, 0.25) is 5.02 Å². The molecule has 8 rings (SSSR count). The van der Waals surface area contributed by atoms with Crippen molar-refractivity contribution in [3.05, 3.63) is 118 Å². The molecule has 2 aromatic heterocycles. The third kappa shape index (κ3) is 13.1. The monoisotopic (exact) mass is 997 g/mol. The molecule has 4 aromatic carbocycles. The van der Waals surface area contributed by atoms with Crippen LogP contribution in [0.5, 0.6) is 5.75 Å². The zero-order valence-corrected chi connectivity index (χ0v) is 40.2. The summed E-state index contributed by atoms with van der Waals surface area (Å²) in [6, 6.07) is 18.0. The van der Waals surface area contributed by atoms with Crippen LogP contribution in [0.15, 0.2) is 79.4 Å². The van der Waals surface area contributed by atoms with Gasteiger partial charge < -0.3 is 45.4 Å². The van der Waals surface area contributed by atoms with E-state index in [9.17, 15) is 27.2 Å². The van der Waals surface area contributed by atoms with Crippen molar-refractivity contribution in [2.45, 2.75) is 72.5 Å². The lowest BCUT2D eigenvalue weighted by atomic mass is 10.1. The molecule has 22 heteroatoms. The second-order valence-corrected chi connectivity index (χ2v) is 17.6. The van der Waals surface area contributed by atoms with Crippen molar-refractivity contribution in [2.75, 3.05) is 75.2 Å². The van der Waals surface area contributed by atoms with Crippen LogP contribution in [-0.4, -0.2) is 93.5 Å². The Morgan fingerprint density at radius 1 is 0.690 bits per heavy atom. The van der Waals surface area contributed by atoms with Crippen molar-refractivity contribution in [1.29, 1.82) is 0 Å². The lowest BCUT2D eigenvalue weighted by Gasteiger charge is -2.36. The Kier molecular flexibility index (Phi) is 15.6. The quantitative estimate of drug-likeness (QED) is 0.0671. The minimum atomic E-state index is -4.77. The molecule has 0 bridgehead atoms. The zero-order chi connectivity index (χ0) is 50.2. The number of piperazine rings is 1. The van der Waals surface area contributed by atoms with E-state index in [1.54, 1.807) is 18.2 Å². The number of hydrogen-bond donors (Lipinski definition) is 4. The standard InChI is InChI=1S/C49H52ClF4N13O4/c1-29-8-12-39(59-45-55-27-57-47(63-45)66-18-16-35(17-19-66)70-26-33-6-5-7-36(24-33)71-49(52,53)54)31(3)43(29)61-41(68)14-15-42(69)62-44-30(2)9-13-40(32(44)4)60-46-56-28-58-48(64-46)67-22-20-65(21-23-67)34-10-11-38(51)37(50)25-34/h5-13,24-25,27-28,35H,14-23,26H2,1-4H3,(H,61,68)(H,62,69)(H,55,57,59,63)(H,56,58,60,64). The molecule has 0 unspecified atom stereocenters. The van der Waals surface area contributed by atoms with Gasteiger partial charge in [0.25, 0.3) is 0 Å². The number of nitrogens with zero attached hydrogens (tertiary/aromatic N) is 9. The fourth-order valence-corrected chi connectivity index (χ4v) is 8.51. The maximum Gasteiger partial charge on any atom is 0.573 e. The first-order valence-corrected chi connectivity index (χ1v) is 23.3. The van der Waals surface area contributed by atoms with E-state index in [-0.39, 0.29) is 48.1 Å². The maximum atomic E-state index is 13.7. The highest BCUT2D eigenvalue weighted by Gasteiger charge is 2.31. The third-order valence-corrected chi connectivity index (χ3v) is 12.5. The summed E-state index contributed by atoms with van der Waals surface area (Å²) in [7, 11) is 0. The van der Waals surface area contributed by atoms with E-state index in [4.69, 9.17) is 16.3 Å². The molecular weight excluding hydrogens is 946 g/mol. The average Bonchev–Trinajstić information content (AvgIpc) is 3.35. The first-order valence-electron chi connectivity index (χ1n) is 22.9. The molecule has 4 heterocycles. The van der Waals surface area contributed by atoms with Crippen molar-refractivity contribution in [2.24, 2.45) is 0 Å². The molecule has 0 radical (unpaired) electrons. The molecule has 0 aliphatic carbocycles. The van der Waals surface area contributed by atoms with Crippen LogP contribution in [0.25, 0.3) is 0 Å². The van der Waals surface area contributed by atoms with Crippen molar-refractivity contribution in [3.63, 3.8) is 0 Å². The highest BCUT2D eigenvalue weighted by molar-refractivity contribution is 6.31. The highest BCUT2D eigenvalue weighted by atomic mass is 35.5. The Morgan fingerprint density at radius 3 is 1.76 bits per heavy atom. The molecule has 0 saturated carbocycles. The number of hydrogen-bond acceptors (Lipinski definition) is 15. The number of anilines is 9. The lowest BCUT2D eigenvalue weighted by Crippen LogP contribution is -2.47. The van der Waals surface area contributed by atoms with Gasteiger partial charge in [0, 0.05) is 80.5 Å². The van der Waals surface area contributed by atoms with Crippen LogP contribution < -0.4 is 40.7 Å². The van der Waals surface area contributed by atoms with E-state index in [2.05, 4.69) is 60.8 Å². The van der Waals surface area contributed by atoms with Crippen LogP contribution in [0.4, 0.5) is 69.8 Å². The van der Waals surface area contributed by atoms with Gasteiger partial charge in [0.05, 0.1) is 17.7 Å². The molecule has 2 aliphatic heterocycles. The Morgan fingerprint density at radius 2 is 1.23 bits per heavy atom. The first kappa shape index (κ1) is 50.0. The predicted molar refractivity (Wildman–Crippen MR) is 264 cm³/mol. The van der Waals surface area contributed by atoms with Gasteiger partial charge in [-0.25, -0.2) is 24.3 Å². The van der Waals surface area contributed by atoms with Gasteiger partial charge in [-0.15, -0.1) is 13.2 Å². The number of carbonyl (C=O) groups excluding carboxylic acids is 2. The first-order chi connectivity index (χ1) is 34.0. The Hall–Kier alpha value is -7.39. The smallest absolute Gasteiger partial charge is 0.406 e. The molecule has 0 spiro atoms. The van der Waals surface area contributed by atoms with Crippen LogP contribution in [0.3, 0.4) is 0 Å². The van der Waals surface area contributed by atoms with Crippen LogP contribution >= 0.6 is 11.6 Å². The maximum absolute atomic E-state index is 13.7. The van der Waals surface area contributed by atoms with E-state index < -0.39 is 12.2 Å². The molecule has 0 atom stereocenters. The number of amides is 2. The Bertz CT molecular complexity index is 2880. The van der Waals surface area contributed by atoms with E-state index in [0.717, 1.165) is 27.9 Å². The van der Waals surface area contributed by atoms with Gasteiger partial charge in [-0.05, 0) is 111 Å². The summed E-state index contributed by atoms with van der Waals surface area (Å²) >= 11 is 6.01. The number of ether oxygens (including phenoxy) is 2. The fourth-order valence-electron chi connectivity index (χ4n) is 8.34. The van der Waals surface area contributed by atoms with Crippen LogP contribution in [0.1, 0.15) is 53.5 Å². The molecule has 17 nitrogen and oxygen atoms in total. The van der Waals surface area contributed by atoms with E-state index in [1.165, 1.54) is 36.9 Å². The van der Waals surface area contributed by atoms with Crippen molar-refractivity contribution in [1.82, 2.24) is 29.9 Å². The molecule has 2 aliphatic rings. The number of benzene rings is 4. The Balaban J connectivity index is 0.810. The van der Waals surface area contributed by atoms with Crippen molar-refractivity contribution in [3.8, 4) is 5.75 Å². The largest absolute Gasteiger partial charge is 0.573 e. The number of rotatable bonds is 16. The summed E-state index contributed by atoms with van der Waals surface area (Å²) in [5.41, 5.74) is 7.14. The predicted octanol–water partition coefficient (Wildman–Crippen LogP) is 9.34. The van der Waals surface area contributed by atoms with Gasteiger partial charge in [-0.3, -0.25) is 9.59 Å². The van der Waals surface area contributed by atoms with Gasteiger partial charge in [0.15, 0.2) is 0 Å². The summed E-state index contributed by atoms with van der Waals surface area (Å²) in [4.78, 5) is 59.6. The van der Waals surface area contributed by atoms with E-state index in [0.29, 0.717) is 104 Å². The van der Waals surface area contributed by atoms with Gasteiger partial charge in [-0.1, -0.05) is 35.9 Å². The number of aromatic nitrogens is 6. The average molecular weight is 998 g/mol. The fraction of sp³-hybridized carbons (Fsp3) is 0.347. The molecular formula is C49H52ClF4N13O4. The number of carbonyl (C=O) groups is 2. The highest BCUT2D eigenvalue weighted by Crippen LogP contribution is 2.32. The minimum absolute atomic E-state index is 0.0671. The molecule has 71 heavy (non-hydrogen) atoms. The Labute approximate surface area is 412 Å². The van der Waals surface area contributed by atoms with Crippen molar-refractivity contribution < 1.29 is 36.6 Å². The molecule has 2 fully saturated rings. The molecule has 2 saturated heterocycles. The molecule has 2 amide bonds. The second kappa shape index (κ2) is 22.1. The SMILES string of the molecule is Cc1ccc(Nc2ncnc(N3CCC(OCc4cccc(OC(F)(F)F)c4)CC3)n2)c(C)c1NC(=O)CCC(=O)Nc1c(C)ccc(Nc2ncnc(N3CCN(c4ccc(F)c(Cl)c4)CC3)n2)c1C. The summed E-state index contributed by atoms with van der Waals surface area (Å²) in [5, 5.41) is 12.6. The van der Waals surface area contributed by atoms with Gasteiger partial charge >= 0.3 is 6.36 Å². The normalized spacial score (nSPS) is 14.3. The van der Waals surface area contributed by atoms with Crippen LogP contribution in [0, 0.1) is 33.5 Å². The molecule has 372 valence electrons. The summed E-state index contributed by atoms with van der Waals surface area (Å²) in [6.07, 6.45) is -0.834. The van der Waals surface area contributed by atoms with Gasteiger partial charge in [-0.2, -0.15) is 9.97 Å². The van der Waals surface area contributed by atoms with Crippen LogP contribution in [-0.2, 0) is 20.9 Å². The van der Waals surface area contributed by atoms with Gasteiger partial charge in [0.1, 0.15) is 24.2 Å². The number of alkyl halides is 3. The topological polar surface area (TPSA) is 188 Å².